The standard InChI is InChI=1S/C31H21BNO2.C14H14N.Ir/c1-19-8-5-9-20(2)29(19)21-16-17-33-25(18-21)22-10-6-12-24-31(22)35-28-15-7-14-27-30(28)32(24)23-11-3-4-13-26(23)34-27;1-10-4-6-13(7-5-10)14-8-11(2)12(3)9-15-14;/h3-9,11-18H,1-2H3;4-6,8-9H,1-3H3;/q2*-1;. The van der Waals surface area contributed by atoms with Gasteiger partial charge in [-0.1, -0.05) is 72.6 Å². The van der Waals surface area contributed by atoms with Crippen molar-refractivity contribution in [1.82, 2.24) is 9.97 Å². The van der Waals surface area contributed by atoms with Crippen LogP contribution in [0.5, 0.6) is 23.0 Å². The quantitative estimate of drug-likeness (QED) is 0.132. The zero-order valence-corrected chi connectivity index (χ0v) is 31.6. The molecule has 0 saturated carbocycles. The average molecular weight is 839 g/mol. The number of rotatable bonds is 3. The van der Waals surface area contributed by atoms with E-state index in [0.29, 0.717) is 0 Å². The van der Waals surface area contributed by atoms with Crippen molar-refractivity contribution >= 4 is 23.1 Å². The van der Waals surface area contributed by atoms with Crippen LogP contribution >= 0.6 is 0 Å². The van der Waals surface area contributed by atoms with E-state index in [1.165, 1.54) is 33.4 Å². The fraction of sp³-hybridized carbons (Fsp3) is 0.111. The van der Waals surface area contributed by atoms with Crippen molar-refractivity contribution in [3.05, 3.63) is 162 Å². The molecular formula is C45H35BIrN2O2-2. The molecule has 2 aliphatic heterocycles. The predicted octanol–water partition coefficient (Wildman–Crippen LogP) is 9.03. The number of aryl methyl sites for hydroxylation is 5. The SMILES string of the molecule is Cc1c[c-]c(-c2cc(C)c(C)cn2)cc1.Cc1cccc(C)c1-c1ccnc(-c2[c-]ccc3c2Oc2cccc4c2B3c2ccccc2O4)c1.[Ir]. The zero-order valence-electron chi connectivity index (χ0n) is 29.2. The maximum atomic E-state index is 6.57. The van der Waals surface area contributed by atoms with Crippen molar-refractivity contribution in [2.75, 3.05) is 0 Å². The molecule has 251 valence electrons. The van der Waals surface area contributed by atoms with E-state index >= 15 is 0 Å². The molecular weight excluding hydrogens is 804 g/mol. The minimum atomic E-state index is 0. The first-order valence-corrected chi connectivity index (χ1v) is 16.9. The summed E-state index contributed by atoms with van der Waals surface area (Å²) < 4.78 is 12.8. The smallest absolute Gasteiger partial charge is 0.241 e. The molecule has 0 bridgehead atoms. The van der Waals surface area contributed by atoms with Crippen LogP contribution < -0.4 is 25.9 Å². The number of hydrogen-bond acceptors (Lipinski definition) is 4. The molecule has 4 heterocycles. The Balaban J connectivity index is 0.000000214. The summed E-state index contributed by atoms with van der Waals surface area (Å²) in [6.07, 6.45) is 3.79. The molecule has 0 spiro atoms. The van der Waals surface area contributed by atoms with Gasteiger partial charge < -0.3 is 19.4 Å². The van der Waals surface area contributed by atoms with E-state index in [2.05, 4.69) is 118 Å². The summed E-state index contributed by atoms with van der Waals surface area (Å²) in [5, 5.41) is 0. The van der Waals surface area contributed by atoms with Crippen LogP contribution in [0, 0.1) is 46.8 Å². The van der Waals surface area contributed by atoms with Crippen molar-refractivity contribution in [3.8, 4) is 56.6 Å². The van der Waals surface area contributed by atoms with Crippen LogP contribution in [0.3, 0.4) is 0 Å². The molecule has 0 fully saturated rings. The Bertz CT molecular complexity index is 2390. The van der Waals surface area contributed by atoms with E-state index in [-0.39, 0.29) is 26.8 Å². The van der Waals surface area contributed by atoms with E-state index in [4.69, 9.17) is 14.5 Å². The topological polar surface area (TPSA) is 44.2 Å². The van der Waals surface area contributed by atoms with Gasteiger partial charge in [-0.05, 0) is 96.6 Å². The predicted molar refractivity (Wildman–Crippen MR) is 204 cm³/mol. The second kappa shape index (κ2) is 14.1. The van der Waals surface area contributed by atoms with Crippen LogP contribution in [0.15, 0.2) is 122 Å². The van der Waals surface area contributed by atoms with Gasteiger partial charge in [0.1, 0.15) is 17.2 Å². The molecule has 2 aromatic heterocycles. The Morgan fingerprint density at radius 1 is 0.608 bits per heavy atom. The Hall–Kier alpha value is -5.29. The molecule has 0 atom stereocenters. The molecule has 5 aromatic carbocycles. The molecule has 0 unspecified atom stereocenters. The van der Waals surface area contributed by atoms with Crippen molar-refractivity contribution in [3.63, 3.8) is 0 Å². The Morgan fingerprint density at radius 3 is 2.12 bits per heavy atom. The number of aromatic nitrogens is 2. The van der Waals surface area contributed by atoms with E-state index in [0.717, 1.165) is 67.5 Å². The molecule has 6 heteroatoms. The van der Waals surface area contributed by atoms with E-state index in [1.54, 1.807) is 0 Å². The van der Waals surface area contributed by atoms with Gasteiger partial charge in [0.2, 0.25) is 6.71 Å². The summed E-state index contributed by atoms with van der Waals surface area (Å²) in [7, 11) is 0. The Kier molecular flexibility index (Phi) is 9.48. The number of fused-ring (bicyclic) bond motifs is 4. The van der Waals surface area contributed by atoms with E-state index in [9.17, 15) is 0 Å². The van der Waals surface area contributed by atoms with Crippen LogP contribution in [0.4, 0.5) is 0 Å². The summed E-state index contributed by atoms with van der Waals surface area (Å²) >= 11 is 0. The molecule has 4 nitrogen and oxygen atoms in total. The number of pyridine rings is 2. The minimum absolute atomic E-state index is 0. The summed E-state index contributed by atoms with van der Waals surface area (Å²) in [6, 6.07) is 43.9. The number of nitrogens with zero attached hydrogens (tertiary/aromatic N) is 2. The Labute approximate surface area is 314 Å². The van der Waals surface area contributed by atoms with Crippen molar-refractivity contribution in [2.24, 2.45) is 0 Å². The fourth-order valence-electron chi connectivity index (χ4n) is 6.96. The molecule has 0 saturated heterocycles. The molecule has 51 heavy (non-hydrogen) atoms. The molecule has 0 N–H and O–H groups in total. The molecule has 7 aromatic rings. The first kappa shape index (κ1) is 34.2. The molecule has 2 aliphatic rings. The van der Waals surface area contributed by atoms with Crippen molar-refractivity contribution < 1.29 is 29.6 Å². The molecule has 1 radical (unpaired) electrons. The van der Waals surface area contributed by atoms with Crippen LogP contribution in [-0.4, -0.2) is 16.7 Å². The van der Waals surface area contributed by atoms with Gasteiger partial charge in [0.25, 0.3) is 0 Å². The molecule has 9 rings (SSSR count). The maximum Gasteiger partial charge on any atom is 0.241 e. The summed E-state index contributed by atoms with van der Waals surface area (Å²) in [4.78, 5) is 9.16. The number of benzene rings is 5. The van der Waals surface area contributed by atoms with Gasteiger partial charge in [-0.3, -0.25) is 0 Å². The third-order valence-electron chi connectivity index (χ3n) is 9.67. The normalized spacial score (nSPS) is 11.7. The van der Waals surface area contributed by atoms with Gasteiger partial charge >= 0.3 is 0 Å². The maximum absolute atomic E-state index is 6.57. The Morgan fingerprint density at radius 2 is 1.35 bits per heavy atom. The third kappa shape index (κ3) is 6.42. The average Bonchev–Trinajstić information content (AvgIpc) is 3.13. The monoisotopic (exact) mass is 839 g/mol. The molecule has 0 aliphatic carbocycles. The second-order valence-corrected chi connectivity index (χ2v) is 13.1. The van der Waals surface area contributed by atoms with Gasteiger partial charge in [0.05, 0.1) is 0 Å². The zero-order chi connectivity index (χ0) is 34.4. The van der Waals surface area contributed by atoms with Gasteiger partial charge in [-0.25, -0.2) is 0 Å². The van der Waals surface area contributed by atoms with Gasteiger partial charge in [0.15, 0.2) is 0 Å². The number of hydrogen-bond donors (Lipinski definition) is 0. The van der Waals surface area contributed by atoms with Crippen LogP contribution in [-0.2, 0) is 20.1 Å². The van der Waals surface area contributed by atoms with Crippen LogP contribution in [0.1, 0.15) is 27.8 Å². The minimum Gasteiger partial charge on any atom is -0.503 e. The van der Waals surface area contributed by atoms with E-state index in [1.807, 2.05) is 54.9 Å². The third-order valence-corrected chi connectivity index (χ3v) is 9.67. The summed E-state index contributed by atoms with van der Waals surface area (Å²) in [5.74, 6) is 3.37. The van der Waals surface area contributed by atoms with Crippen molar-refractivity contribution in [2.45, 2.75) is 34.6 Å². The van der Waals surface area contributed by atoms with Crippen molar-refractivity contribution in [1.29, 1.82) is 0 Å². The summed E-state index contributed by atoms with van der Waals surface area (Å²) in [5.41, 5.74) is 15.7. The molecule has 0 amide bonds. The van der Waals surface area contributed by atoms with Gasteiger partial charge in [-0.2, -0.15) is 0 Å². The van der Waals surface area contributed by atoms with Gasteiger partial charge in [-0.15, -0.1) is 59.1 Å². The van der Waals surface area contributed by atoms with Gasteiger partial charge in [0, 0.05) is 43.7 Å². The second-order valence-electron chi connectivity index (χ2n) is 13.1. The first-order chi connectivity index (χ1) is 24.4. The van der Waals surface area contributed by atoms with E-state index < -0.39 is 0 Å². The van der Waals surface area contributed by atoms with Crippen LogP contribution in [0.25, 0.3) is 33.6 Å². The fourth-order valence-corrected chi connectivity index (χ4v) is 6.96. The largest absolute Gasteiger partial charge is 0.503 e. The van der Waals surface area contributed by atoms with Crippen LogP contribution in [0.2, 0.25) is 0 Å². The summed E-state index contributed by atoms with van der Waals surface area (Å²) in [6.45, 7) is 10.6. The number of para-hydroxylation sites is 1. The first-order valence-electron chi connectivity index (χ1n) is 16.9. The number of ether oxygens (including phenoxy) is 2.